The summed E-state index contributed by atoms with van der Waals surface area (Å²) in [4.78, 5) is 13.9. The molecule has 3 N–H and O–H groups in total. The Morgan fingerprint density at radius 2 is 2.20 bits per heavy atom. The Labute approximate surface area is 92.2 Å². The van der Waals surface area contributed by atoms with Crippen LogP contribution in [0.15, 0.2) is 0 Å². The van der Waals surface area contributed by atoms with E-state index in [0.29, 0.717) is 11.8 Å². The molecule has 0 aliphatic carbocycles. The van der Waals surface area contributed by atoms with Gasteiger partial charge in [0.25, 0.3) is 5.91 Å². The number of carbonyl (C=O) groups excluding carboxylic acids is 1. The van der Waals surface area contributed by atoms with E-state index in [9.17, 15) is 4.79 Å². The summed E-state index contributed by atoms with van der Waals surface area (Å²) in [6.07, 6.45) is 2.45. The number of hydrazine groups is 1. The summed E-state index contributed by atoms with van der Waals surface area (Å²) in [6.45, 7) is 8.40. The van der Waals surface area contributed by atoms with Gasteiger partial charge in [0, 0.05) is 6.54 Å². The minimum Gasteiger partial charge on any atom is -0.293 e. The highest BCUT2D eigenvalue weighted by Crippen LogP contribution is 2.21. The predicted octanol–water partition coefficient (Wildman–Crippen LogP) is 0.733. The zero-order valence-corrected chi connectivity index (χ0v) is 9.99. The van der Waals surface area contributed by atoms with Gasteiger partial charge >= 0.3 is 0 Å². The van der Waals surface area contributed by atoms with E-state index in [1.807, 2.05) is 0 Å². The molecule has 1 saturated heterocycles. The molecular formula is C11H23N3O. The van der Waals surface area contributed by atoms with Crippen molar-refractivity contribution in [2.75, 3.05) is 13.1 Å². The molecule has 88 valence electrons. The Hall–Kier alpha value is -0.610. The topological polar surface area (TPSA) is 58.4 Å². The number of nitrogens with two attached hydrogens (primary N) is 1. The lowest BCUT2D eigenvalue weighted by Crippen LogP contribution is -2.54. The number of hydrogen-bond acceptors (Lipinski definition) is 3. The second-order valence-corrected chi connectivity index (χ2v) is 4.94. The van der Waals surface area contributed by atoms with E-state index in [-0.39, 0.29) is 11.9 Å². The summed E-state index contributed by atoms with van der Waals surface area (Å²) in [6, 6.07) is -0.0715. The van der Waals surface area contributed by atoms with Gasteiger partial charge < -0.3 is 0 Å². The van der Waals surface area contributed by atoms with E-state index in [0.717, 1.165) is 13.1 Å². The van der Waals surface area contributed by atoms with E-state index >= 15 is 0 Å². The molecule has 0 spiro atoms. The molecule has 1 heterocycles. The van der Waals surface area contributed by atoms with Crippen molar-refractivity contribution in [3.8, 4) is 0 Å². The molecule has 1 fully saturated rings. The zero-order chi connectivity index (χ0) is 11.4. The minimum atomic E-state index is -0.0715. The van der Waals surface area contributed by atoms with E-state index < -0.39 is 0 Å². The predicted molar refractivity (Wildman–Crippen MR) is 60.9 cm³/mol. The largest absolute Gasteiger partial charge is 0.293 e. The molecular weight excluding hydrogens is 190 g/mol. The molecule has 0 bridgehead atoms. The SMILES string of the molecule is CC(C)[C@@H](C(=O)NN)N1CCC[C@H](C)C1. The highest BCUT2D eigenvalue weighted by Gasteiger charge is 2.30. The smallest absolute Gasteiger partial charge is 0.251 e. The highest BCUT2D eigenvalue weighted by molar-refractivity contribution is 5.81. The van der Waals surface area contributed by atoms with Crippen LogP contribution in [0.4, 0.5) is 0 Å². The molecule has 1 rings (SSSR count). The van der Waals surface area contributed by atoms with Crippen LogP contribution in [0.25, 0.3) is 0 Å². The lowest BCUT2D eigenvalue weighted by atomic mass is 9.94. The first-order chi connectivity index (χ1) is 7.06. The average Bonchev–Trinajstić information content (AvgIpc) is 2.17. The van der Waals surface area contributed by atoms with Gasteiger partial charge in [0.2, 0.25) is 0 Å². The van der Waals surface area contributed by atoms with E-state index in [2.05, 4.69) is 31.1 Å². The molecule has 0 saturated carbocycles. The molecule has 4 nitrogen and oxygen atoms in total. The summed E-state index contributed by atoms with van der Waals surface area (Å²) in [5.74, 6) is 6.16. The Morgan fingerprint density at radius 3 is 2.67 bits per heavy atom. The van der Waals surface area contributed by atoms with Crippen LogP contribution in [0.3, 0.4) is 0 Å². The number of piperidine rings is 1. The van der Waals surface area contributed by atoms with Crippen molar-refractivity contribution in [1.82, 2.24) is 10.3 Å². The number of carbonyl (C=O) groups is 1. The second kappa shape index (κ2) is 5.47. The maximum Gasteiger partial charge on any atom is 0.251 e. The van der Waals surface area contributed by atoms with Gasteiger partial charge in [-0.25, -0.2) is 5.84 Å². The van der Waals surface area contributed by atoms with Gasteiger partial charge in [0.15, 0.2) is 0 Å². The number of hydrogen-bond donors (Lipinski definition) is 2. The average molecular weight is 213 g/mol. The van der Waals surface area contributed by atoms with Crippen molar-refractivity contribution in [2.45, 2.75) is 39.7 Å². The lowest BCUT2D eigenvalue weighted by molar-refractivity contribution is -0.128. The summed E-state index contributed by atoms with van der Waals surface area (Å²) >= 11 is 0. The van der Waals surface area contributed by atoms with E-state index in [1.54, 1.807) is 0 Å². The number of nitrogens with one attached hydrogen (secondary N) is 1. The first-order valence-corrected chi connectivity index (χ1v) is 5.80. The number of rotatable bonds is 3. The molecule has 1 aliphatic rings. The minimum absolute atomic E-state index is 0.0564. The maximum atomic E-state index is 11.7. The molecule has 15 heavy (non-hydrogen) atoms. The van der Waals surface area contributed by atoms with Crippen LogP contribution >= 0.6 is 0 Å². The fraction of sp³-hybridized carbons (Fsp3) is 0.909. The Morgan fingerprint density at radius 1 is 1.53 bits per heavy atom. The third-order valence-corrected chi connectivity index (χ3v) is 3.12. The van der Waals surface area contributed by atoms with Gasteiger partial charge in [-0.05, 0) is 31.2 Å². The van der Waals surface area contributed by atoms with Gasteiger partial charge in [-0.2, -0.15) is 0 Å². The molecule has 0 aromatic rings. The van der Waals surface area contributed by atoms with Gasteiger partial charge in [-0.15, -0.1) is 0 Å². The molecule has 4 heteroatoms. The quantitative estimate of drug-likeness (QED) is 0.413. The monoisotopic (exact) mass is 213 g/mol. The van der Waals surface area contributed by atoms with Crippen molar-refractivity contribution in [3.63, 3.8) is 0 Å². The van der Waals surface area contributed by atoms with E-state index in [4.69, 9.17) is 5.84 Å². The Bertz CT molecular complexity index is 218. The first kappa shape index (κ1) is 12.5. The lowest BCUT2D eigenvalue weighted by Gasteiger charge is -2.37. The fourth-order valence-corrected chi connectivity index (χ4v) is 2.45. The molecule has 2 atom stereocenters. The number of nitrogens with zero attached hydrogens (tertiary/aromatic N) is 1. The van der Waals surface area contributed by atoms with Crippen LogP contribution in [0.1, 0.15) is 33.6 Å². The summed E-state index contributed by atoms with van der Waals surface area (Å²) < 4.78 is 0. The summed E-state index contributed by atoms with van der Waals surface area (Å²) in [5.41, 5.74) is 2.28. The van der Waals surface area contributed by atoms with Gasteiger partial charge in [-0.1, -0.05) is 20.8 Å². The molecule has 1 amide bonds. The fourth-order valence-electron chi connectivity index (χ4n) is 2.45. The van der Waals surface area contributed by atoms with Crippen LogP contribution in [0, 0.1) is 11.8 Å². The third-order valence-electron chi connectivity index (χ3n) is 3.12. The first-order valence-electron chi connectivity index (χ1n) is 5.80. The van der Waals surface area contributed by atoms with Crippen LogP contribution in [0.2, 0.25) is 0 Å². The molecule has 0 aromatic carbocycles. The molecule has 0 radical (unpaired) electrons. The highest BCUT2D eigenvalue weighted by atomic mass is 16.2. The molecule has 1 aliphatic heterocycles. The molecule has 0 aromatic heterocycles. The second-order valence-electron chi connectivity index (χ2n) is 4.94. The summed E-state index contributed by atoms with van der Waals surface area (Å²) in [7, 11) is 0. The zero-order valence-electron chi connectivity index (χ0n) is 9.99. The standard InChI is InChI=1S/C11H23N3O/c1-8(2)10(11(15)13-12)14-6-4-5-9(3)7-14/h8-10H,4-7,12H2,1-3H3,(H,13,15)/t9-,10-/m0/s1. The maximum absolute atomic E-state index is 11.7. The van der Waals surface area contributed by atoms with Gasteiger partial charge in [-0.3, -0.25) is 15.1 Å². The van der Waals surface area contributed by atoms with Crippen molar-refractivity contribution in [1.29, 1.82) is 0 Å². The van der Waals surface area contributed by atoms with E-state index in [1.165, 1.54) is 12.8 Å². The van der Waals surface area contributed by atoms with Crippen LogP contribution in [-0.4, -0.2) is 29.9 Å². The van der Waals surface area contributed by atoms with Crippen LogP contribution in [0.5, 0.6) is 0 Å². The normalized spacial score (nSPS) is 25.3. The third kappa shape index (κ3) is 3.18. The van der Waals surface area contributed by atoms with Crippen molar-refractivity contribution >= 4 is 5.91 Å². The number of likely N-dealkylation sites (tertiary alicyclic amines) is 1. The van der Waals surface area contributed by atoms with Crippen LogP contribution < -0.4 is 11.3 Å². The van der Waals surface area contributed by atoms with Gasteiger partial charge in [0.1, 0.15) is 0 Å². The molecule has 0 unspecified atom stereocenters. The Balaban J connectivity index is 2.66. The van der Waals surface area contributed by atoms with Crippen molar-refractivity contribution in [2.24, 2.45) is 17.7 Å². The van der Waals surface area contributed by atoms with Crippen molar-refractivity contribution in [3.05, 3.63) is 0 Å². The van der Waals surface area contributed by atoms with Crippen LogP contribution in [-0.2, 0) is 4.79 Å². The van der Waals surface area contributed by atoms with Crippen molar-refractivity contribution < 1.29 is 4.79 Å². The Kier molecular flexibility index (Phi) is 4.54. The summed E-state index contributed by atoms with van der Waals surface area (Å²) in [5, 5.41) is 0. The van der Waals surface area contributed by atoms with Gasteiger partial charge in [0.05, 0.1) is 6.04 Å². The number of amides is 1.